The summed E-state index contributed by atoms with van der Waals surface area (Å²) in [5, 5.41) is 37.7. The molecule has 0 atom stereocenters. The second-order valence-electron chi connectivity index (χ2n) is 5.90. The molecule has 0 fully saturated rings. The van der Waals surface area contributed by atoms with Gasteiger partial charge in [-0.05, 0) is 31.8 Å². The summed E-state index contributed by atoms with van der Waals surface area (Å²) >= 11 is 0. The lowest BCUT2D eigenvalue weighted by atomic mass is 10.1. The smallest absolute Gasteiger partial charge is 0.303 e. The number of hydrogen-bond donors (Lipinski definition) is 4. The molecule has 0 aliphatic rings. The number of aliphatic hydroxyl groups excluding tert-OH is 3. The van der Waals surface area contributed by atoms with Gasteiger partial charge >= 0.3 is 5.97 Å². The fraction of sp³-hybridized carbons (Fsp3) is 0.722. The zero-order chi connectivity index (χ0) is 17.5. The van der Waals surface area contributed by atoms with Crippen molar-refractivity contribution < 1.29 is 25.2 Å². The molecule has 0 bridgehead atoms. The van der Waals surface area contributed by atoms with Crippen LogP contribution in [-0.4, -0.2) is 26.4 Å². The highest BCUT2D eigenvalue weighted by molar-refractivity contribution is 5.66. The van der Waals surface area contributed by atoms with Gasteiger partial charge < -0.3 is 20.4 Å². The van der Waals surface area contributed by atoms with Crippen LogP contribution < -0.4 is 0 Å². The maximum atomic E-state index is 10.3. The molecule has 0 aliphatic carbocycles. The molecule has 0 aliphatic heterocycles. The summed E-state index contributed by atoms with van der Waals surface area (Å²) in [7, 11) is 0. The van der Waals surface area contributed by atoms with Gasteiger partial charge in [-0.2, -0.15) is 0 Å². The van der Waals surface area contributed by atoms with E-state index in [1.807, 2.05) is 0 Å². The van der Waals surface area contributed by atoms with Crippen molar-refractivity contribution in [1.29, 1.82) is 0 Å². The standard InChI is InChI=1S/C18H32O5/c1-2-3-4-6-9-12-15(19)18(23)16(20)13-10-7-5-8-11-14-17(21)22/h12,19-20,23H,2-11,13-14H2,1H3,(H,21,22). The number of rotatable bonds is 14. The van der Waals surface area contributed by atoms with Gasteiger partial charge in [-0.1, -0.05) is 45.4 Å². The van der Waals surface area contributed by atoms with Crippen molar-refractivity contribution in [1.82, 2.24) is 0 Å². The summed E-state index contributed by atoms with van der Waals surface area (Å²) in [6.45, 7) is 2.13. The van der Waals surface area contributed by atoms with E-state index in [4.69, 9.17) is 5.11 Å². The number of aliphatic hydroxyl groups is 3. The Bertz CT molecular complexity index is 385. The molecule has 5 nitrogen and oxygen atoms in total. The number of carboxylic acid groups (broad SMARTS) is 1. The van der Waals surface area contributed by atoms with E-state index in [-0.39, 0.29) is 17.9 Å². The van der Waals surface area contributed by atoms with E-state index < -0.39 is 11.7 Å². The van der Waals surface area contributed by atoms with Crippen LogP contribution in [0.3, 0.4) is 0 Å². The van der Waals surface area contributed by atoms with Crippen molar-refractivity contribution in [2.75, 3.05) is 0 Å². The van der Waals surface area contributed by atoms with Crippen molar-refractivity contribution in [2.24, 2.45) is 0 Å². The number of carboxylic acids is 1. The van der Waals surface area contributed by atoms with Gasteiger partial charge in [-0.25, -0.2) is 0 Å². The van der Waals surface area contributed by atoms with Gasteiger partial charge in [0.15, 0.2) is 11.5 Å². The highest BCUT2D eigenvalue weighted by atomic mass is 16.4. The van der Waals surface area contributed by atoms with Crippen LogP contribution in [0.25, 0.3) is 0 Å². The number of carbonyl (C=O) groups is 1. The van der Waals surface area contributed by atoms with E-state index >= 15 is 0 Å². The highest BCUT2D eigenvalue weighted by Gasteiger charge is 2.08. The summed E-state index contributed by atoms with van der Waals surface area (Å²) in [4.78, 5) is 10.3. The molecule has 0 aromatic rings. The molecule has 23 heavy (non-hydrogen) atoms. The van der Waals surface area contributed by atoms with Gasteiger partial charge in [0.05, 0.1) is 0 Å². The van der Waals surface area contributed by atoms with Gasteiger partial charge in [0.1, 0.15) is 5.76 Å². The molecule has 0 saturated heterocycles. The monoisotopic (exact) mass is 328 g/mol. The lowest BCUT2D eigenvalue weighted by Gasteiger charge is -2.05. The summed E-state index contributed by atoms with van der Waals surface area (Å²) in [5.41, 5.74) is 0. The molecule has 0 aromatic carbocycles. The predicted molar refractivity (Wildman–Crippen MR) is 91.7 cm³/mol. The van der Waals surface area contributed by atoms with Crippen LogP contribution in [0.1, 0.15) is 84.0 Å². The first-order chi connectivity index (χ1) is 11.0. The first-order valence-corrected chi connectivity index (χ1v) is 8.71. The summed E-state index contributed by atoms with van der Waals surface area (Å²) < 4.78 is 0. The first kappa shape index (κ1) is 21.4. The van der Waals surface area contributed by atoms with E-state index in [1.165, 1.54) is 0 Å². The molecule has 0 radical (unpaired) electrons. The third kappa shape index (κ3) is 12.6. The minimum Gasteiger partial charge on any atom is -0.508 e. The molecule has 0 saturated carbocycles. The average molecular weight is 328 g/mol. The van der Waals surface area contributed by atoms with Crippen LogP contribution >= 0.6 is 0 Å². The topological polar surface area (TPSA) is 98.0 Å². The maximum absolute atomic E-state index is 10.3. The molecular weight excluding hydrogens is 296 g/mol. The fourth-order valence-corrected chi connectivity index (χ4v) is 2.27. The predicted octanol–water partition coefficient (Wildman–Crippen LogP) is 5.54. The average Bonchev–Trinajstić information content (AvgIpc) is 2.52. The van der Waals surface area contributed by atoms with E-state index in [0.717, 1.165) is 44.9 Å². The van der Waals surface area contributed by atoms with Crippen molar-refractivity contribution in [3.8, 4) is 0 Å². The minimum absolute atomic E-state index is 0.183. The Morgan fingerprint density at radius 3 is 1.96 bits per heavy atom. The molecule has 0 spiro atoms. The molecule has 0 unspecified atom stereocenters. The zero-order valence-electron chi connectivity index (χ0n) is 14.3. The van der Waals surface area contributed by atoms with Crippen molar-refractivity contribution >= 4 is 5.97 Å². The summed E-state index contributed by atoms with van der Waals surface area (Å²) in [6, 6.07) is 0. The Hall–Kier alpha value is -1.65. The molecule has 134 valence electrons. The summed E-state index contributed by atoms with van der Waals surface area (Å²) in [5.74, 6) is -1.63. The molecule has 0 aromatic heterocycles. The van der Waals surface area contributed by atoms with Crippen LogP contribution in [0.15, 0.2) is 23.4 Å². The Morgan fingerprint density at radius 2 is 1.35 bits per heavy atom. The molecule has 0 rings (SSSR count). The quantitative estimate of drug-likeness (QED) is 0.191. The molecule has 5 heteroatoms. The normalized spacial score (nSPS) is 13.0. The van der Waals surface area contributed by atoms with Crippen LogP contribution in [0.4, 0.5) is 0 Å². The third-order valence-corrected chi connectivity index (χ3v) is 3.72. The number of unbranched alkanes of at least 4 members (excludes halogenated alkanes) is 8. The Balaban J connectivity index is 3.90. The third-order valence-electron chi connectivity index (χ3n) is 3.72. The summed E-state index contributed by atoms with van der Waals surface area (Å²) in [6.07, 6.45) is 11.1. The van der Waals surface area contributed by atoms with Gasteiger partial charge in [0, 0.05) is 12.8 Å². The van der Waals surface area contributed by atoms with E-state index in [0.29, 0.717) is 25.7 Å². The van der Waals surface area contributed by atoms with E-state index in [1.54, 1.807) is 6.08 Å². The highest BCUT2D eigenvalue weighted by Crippen LogP contribution is 2.16. The lowest BCUT2D eigenvalue weighted by molar-refractivity contribution is -0.137. The van der Waals surface area contributed by atoms with Crippen molar-refractivity contribution in [3.63, 3.8) is 0 Å². The van der Waals surface area contributed by atoms with Crippen LogP contribution in [0.5, 0.6) is 0 Å². The minimum atomic E-state index is -0.771. The number of hydrogen-bond acceptors (Lipinski definition) is 4. The second kappa shape index (κ2) is 14.0. The lowest BCUT2D eigenvalue weighted by Crippen LogP contribution is -1.96. The Labute approximate surface area is 139 Å². The fourth-order valence-electron chi connectivity index (χ4n) is 2.27. The van der Waals surface area contributed by atoms with Gasteiger partial charge in [-0.3, -0.25) is 4.79 Å². The van der Waals surface area contributed by atoms with Gasteiger partial charge in [0.2, 0.25) is 0 Å². The SMILES string of the molecule is CCCCCCC=C(O)C(O)=C(O)CCCCCCCC(=O)O. The molecule has 0 amide bonds. The van der Waals surface area contributed by atoms with Crippen LogP contribution in [0, 0.1) is 0 Å². The van der Waals surface area contributed by atoms with Gasteiger partial charge in [0.25, 0.3) is 0 Å². The Morgan fingerprint density at radius 1 is 0.783 bits per heavy atom. The van der Waals surface area contributed by atoms with E-state index in [2.05, 4.69) is 6.92 Å². The number of aliphatic carboxylic acids is 1. The molecular formula is C18H32O5. The van der Waals surface area contributed by atoms with Gasteiger partial charge in [-0.15, -0.1) is 0 Å². The number of allylic oxidation sites excluding steroid dienone is 2. The van der Waals surface area contributed by atoms with Crippen molar-refractivity contribution in [2.45, 2.75) is 84.0 Å². The zero-order valence-corrected chi connectivity index (χ0v) is 14.3. The largest absolute Gasteiger partial charge is 0.508 e. The van der Waals surface area contributed by atoms with Crippen LogP contribution in [0.2, 0.25) is 0 Å². The maximum Gasteiger partial charge on any atom is 0.303 e. The Kier molecular flexibility index (Phi) is 13.0. The van der Waals surface area contributed by atoms with Crippen LogP contribution in [-0.2, 0) is 4.79 Å². The molecule has 4 N–H and O–H groups in total. The second-order valence-corrected chi connectivity index (χ2v) is 5.90. The van der Waals surface area contributed by atoms with E-state index in [9.17, 15) is 20.1 Å². The molecule has 0 heterocycles. The van der Waals surface area contributed by atoms with Crippen molar-refractivity contribution in [3.05, 3.63) is 23.4 Å². The first-order valence-electron chi connectivity index (χ1n) is 8.71.